The fourth-order valence-electron chi connectivity index (χ4n) is 2.45. The summed E-state index contributed by atoms with van der Waals surface area (Å²) < 4.78 is 25.8. The van der Waals surface area contributed by atoms with E-state index >= 15 is 0 Å². The second kappa shape index (κ2) is 8.11. The van der Waals surface area contributed by atoms with Gasteiger partial charge in [0.15, 0.2) is 9.84 Å². The molecular weight excluding hydrogens is 304 g/mol. The summed E-state index contributed by atoms with van der Waals surface area (Å²) in [6, 6.07) is 16.9. The van der Waals surface area contributed by atoms with E-state index in [-0.39, 0.29) is 0 Å². The van der Waals surface area contributed by atoms with Crippen LogP contribution >= 0.6 is 0 Å². The average Bonchev–Trinajstić information content (AvgIpc) is 2.56. The second-order valence-corrected chi connectivity index (χ2v) is 7.98. The highest BCUT2D eigenvalue weighted by Gasteiger charge is 2.24. The summed E-state index contributed by atoms with van der Waals surface area (Å²) in [7, 11) is -3.35. The predicted molar refractivity (Wildman–Crippen MR) is 97.2 cm³/mol. The fourth-order valence-corrected chi connectivity index (χ4v) is 4.07. The molecule has 0 fully saturated rings. The van der Waals surface area contributed by atoms with Crippen LogP contribution in [0.3, 0.4) is 0 Å². The monoisotopic (exact) mass is 328 g/mol. The van der Waals surface area contributed by atoms with Crippen molar-refractivity contribution in [3.63, 3.8) is 0 Å². The molecule has 0 aliphatic heterocycles. The van der Waals surface area contributed by atoms with Crippen LogP contribution in [0.4, 0.5) is 0 Å². The van der Waals surface area contributed by atoms with Crippen molar-refractivity contribution in [1.82, 2.24) is 0 Å². The molecule has 0 aliphatic carbocycles. The van der Waals surface area contributed by atoms with Crippen molar-refractivity contribution >= 4 is 15.9 Å². The van der Waals surface area contributed by atoms with Crippen LogP contribution < -0.4 is 0 Å². The number of benzene rings is 2. The third-order valence-electron chi connectivity index (χ3n) is 3.89. The minimum Gasteiger partial charge on any atom is -0.223 e. The van der Waals surface area contributed by atoms with Crippen LogP contribution in [0.1, 0.15) is 37.3 Å². The SMILES string of the molecule is CCCCC(/C=C/c1ccccc1)S(=O)(=O)c1ccc(C)cc1. The van der Waals surface area contributed by atoms with Gasteiger partial charge in [0.1, 0.15) is 0 Å². The number of rotatable bonds is 7. The summed E-state index contributed by atoms with van der Waals surface area (Å²) >= 11 is 0. The van der Waals surface area contributed by atoms with Crippen LogP contribution in [-0.4, -0.2) is 13.7 Å². The Bertz CT molecular complexity index is 729. The summed E-state index contributed by atoms with van der Waals surface area (Å²) in [4.78, 5) is 0.405. The van der Waals surface area contributed by atoms with Crippen molar-refractivity contribution in [3.05, 3.63) is 71.8 Å². The Morgan fingerprint density at radius 1 is 1.00 bits per heavy atom. The van der Waals surface area contributed by atoms with E-state index in [9.17, 15) is 8.42 Å². The van der Waals surface area contributed by atoms with E-state index in [0.717, 1.165) is 24.0 Å². The maximum atomic E-state index is 12.9. The standard InChI is InChI=1S/C20H24O2S/c1-3-4-10-19(16-13-18-8-6-5-7-9-18)23(21,22)20-14-11-17(2)12-15-20/h5-9,11-16,19H,3-4,10H2,1-2H3/b16-13+. The van der Waals surface area contributed by atoms with E-state index in [0.29, 0.717) is 11.3 Å². The first kappa shape index (κ1) is 17.5. The first-order valence-electron chi connectivity index (χ1n) is 8.08. The first-order valence-corrected chi connectivity index (χ1v) is 9.62. The molecule has 0 radical (unpaired) electrons. The highest BCUT2D eigenvalue weighted by atomic mass is 32.2. The molecule has 0 heterocycles. The molecule has 3 heteroatoms. The lowest BCUT2D eigenvalue weighted by atomic mass is 10.1. The van der Waals surface area contributed by atoms with Crippen LogP contribution in [0.25, 0.3) is 6.08 Å². The zero-order valence-corrected chi connectivity index (χ0v) is 14.6. The van der Waals surface area contributed by atoms with Crippen molar-refractivity contribution in [3.8, 4) is 0 Å². The van der Waals surface area contributed by atoms with E-state index in [2.05, 4.69) is 6.92 Å². The molecule has 2 rings (SSSR count). The highest BCUT2D eigenvalue weighted by molar-refractivity contribution is 7.92. The normalized spacial score (nSPS) is 13.3. The van der Waals surface area contributed by atoms with Gasteiger partial charge in [0.25, 0.3) is 0 Å². The van der Waals surface area contributed by atoms with E-state index in [4.69, 9.17) is 0 Å². The summed E-state index contributed by atoms with van der Waals surface area (Å²) in [5, 5.41) is -0.481. The quantitative estimate of drug-likeness (QED) is 0.713. The maximum Gasteiger partial charge on any atom is 0.184 e. The Morgan fingerprint density at radius 2 is 1.65 bits per heavy atom. The van der Waals surface area contributed by atoms with E-state index < -0.39 is 15.1 Å². The van der Waals surface area contributed by atoms with Crippen molar-refractivity contribution in [2.45, 2.75) is 43.3 Å². The molecule has 0 saturated heterocycles. The van der Waals surface area contributed by atoms with Gasteiger partial charge in [-0.1, -0.05) is 79.9 Å². The highest BCUT2D eigenvalue weighted by Crippen LogP contribution is 2.22. The molecular formula is C20H24O2S. The second-order valence-electron chi connectivity index (χ2n) is 5.81. The van der Waals surface area contributed by atoms with Gasteiger partial charge < -0.3 is 0 Å². The summed E-state index contributed by atoms with van der Waals surface area (Å²) in [6.45, 7) is 4.04. The number of hydrogen-bond donors (Lipinski definition) is 0. The van der Waals surface area contributed by atoms with E-state index in [1.165, 1.54) is 0 Å². The molecule has 0 N–H and O–H groups in total. The van der Waals surface area contributed by atoms with Crippen molar-refractivity contribution in [2.75, 3.05) is 0 Å². The molecule has 0 aliphatic rings. The van der Waals surface area contributed by atoms with Gasteiger partial charge in [0, 0.05) is 0 Å². The third-order valence-corrected chi connectivity index (χ3v) is 6.01. The Morgan fingerprint density at radius 3 is 2.26 bits per heavy atom. The van der Waals surface area contributed by atoms with Gasteiger partial charge in [-0.05, 0) is 31.0 Å². The fraction of sp³-hybridized carbons (Fsp3) is 0.300. The zero-order chi connectivity index (χ0) is 16.7. The lowest BCUT2D eigenvalue weighted by Gasteiger charge is -2.14. The molecule has 0 spiro atoms. The molecule has 2 nitrogen and oxygen atoms in total. The Labute approximate surface area is 139 Å². The molecule has 2 aromatic rings. The van der Waals surface area contributed by atoms with Crippen LogP contribution in [0.5, 0.6) is 0 Å². The molecule has 0 amide bonds. The Balaban J connectivity index is 2.29. The van der Waals surface area contributed by atoms with Gasteiger partial charge in [-0.2, -0.15) is 0 Å². The predicted octanol–water partition coefficient (Wildman–Crippen LogP) is 5.04. The van der Waals surface area contributed by atoms with Crippen LogP contribution in [0.2, 0.25) is 0 Å². The molecule has 1 atom stereocenters. The lowest BCUT2D eigenvalue weighted by molar-refractivity contribution is 0.579. The van der Waals surface area contributed by atoms with Crippen LogP contribution in [0, 0.1) is 6.92 Å². The molecule has 0 aromatic heterocycles. The van der Waals surface area contributed by atoms with Gasteiger partial charge in [-0.3, -0.25) is 0 Å². The minimum absolute atomic E-state index is 0.405. The number of sulfone groups is 1. The summed E-state index contributed by atoms with van der Waals surface area (Å²) in [6.07, 6.45) is 6.27. The third kappa shape index (κ3) is 4.80. The molecule has 1 unspecified atom stereocenters. The first-order chi connectivity index (χ1) is 11.0. The van der Waals surface area contributed by atoms with Gasteiger partial charge >= 0.3 is 0 Å². The average molecular weight is 328 g/mol. The maximum absolute atomic E-state index is 12.9. The van der Waals surface area contributed by atoms with E-state index in [1.54, 1.807) is 12.1 Å². The Hall–Kier alpha value is -1.87. The largest absolute Gasteiger partial charge is 0.223 e. The van der Waals surface area contributed by atoms with Crippen LogP contribution in [0.15, 0.2) is 65.6 Å². The van der Waals surface area contributed by atoms with E-state index in [1.807, 2.05) is 61.5 Å². The topological polar surface area (TPSA) is 34.1 Å². The lowest BCUT2D eigenvalue weighted by Crippen LogP contribution is -2.19. The smallest absolute Gasteiger partial charge is 0.184 e. The number of hydrogen-bond acceptors (Lipinski definition) is 2. The van der Waals surface area contributed by atoms with Gasteiger partial charge in [-0.15, -0.1) is 0 Å². The van der Waals surface area contributed by atoms with Crippen molar-refractivity contribution in [2.24, 2.45) is 0 Å². The van der Waals surface area contributed by atoms with Gasteiger partial charge in [0.05, 0.1) is 10.1 Å². The summed E-state index contributed by atoms with van der Waals surface area (Å²) in [5.74, 6) is 0. The van der Waals surface area contributed by atoms with Gasteiger partial charge in [-0.25, -0.2) is 8.42 Å². The molecule has 122 valence electrons. The van der Waals surface area contributed by atoms with Crippen LogP contribution in [-0.2, 0) is 9.84 Å². The molecule has 2 aromatic carbocycles. The van der Waals surface area contributed by atoms with Crippen molar-refractivity contribution < 1.29 is 8.42 Å². The molecule has 0 bridgehead atoms. The molecule has 23 heavy (non-hydrogen) atoms. The minimum atomic E-state index is -3.35. The Kier molecular flexibility index (Phi) is 6.17. The van der Waals surface area contributed by atoms with Gasteiger partial charge in [0.2, 0.25) is 0 Å². The molecule has 0 saturated carbocycles. The number of aryl methyl sites for hydroxylation is 1. The summed E-state index contributed by atoms with van der Waals surface area (Å²) in [5.41, 5.74) is 2.09. The zero-order valence-electron chi connectivity index (χ0n) is 13.8. The number of unbranched alkanes of at least 4 members (excludes halogenated alkanes) is 1. The van der Waals surface area contributed by atoms with Crippen molar-refractivity contribution in [1.29, 1.82) is 0 Å².